The SMILES string of the molecule is CC[C@H]1CCCCN1C(=O)c1c(-c2ccccc2Cl)noc1C. The quantitative estimate of drug-likeness (QED) is 0.817. The summed E-state index contributed by atoms with van der Waals surface area (Å²) in [4.78, 5) is 15.1. The maximum atomic E-state index is 13.1. The van der Waals surface area contributed by atoms with Gasteiger partial charge in [0.25, 0.3) is 5.91 Å². The van der Waals surface area contributed by atoms with Crippen molar-refractivity contribution in [2.45, 2.75) is 45.6 Å². The van der Waals surface area contributed by atoms with Crippen LogP contribution < -0.4 is 0 Å². The summed E-state index contributed by atoms with van der Waals surface area (Å²) < 4.78 is 5.33. The molecule has 3 rings (SSSR count). The molecule has 4 nitrogen and oxygen atoms in total. The number of aromatic nitrogens is 1. The summed E-state index contributed by atoms with van der Waals surface area (Å²) in [6.45, 7) is 4.71. The van der Waals surface area contributed by atoms with E-state index in [0.717, 1.165) is 31.4 Å². The molecule has 0 aliphatic carbocycles. The molecule has 122 valence electrons. The molecule has 1 aromatic heterocycles. The molecular weight excluding hydrogens is 312 g/mol. The fourth-order valence-electron chi connectivity index (χ4n) is 3.30. The van der Waals surface area contributed by atoms with E-state index >= 15 is 0 Å². The zero-order valence-corrected chi connectivity index (χ0v) is 14.3. The number of piperidine rings is 1. The zero-order chi connectivity index (χ0) is 16.4. The minimum Gasteiger partial charge on any atom is -0.360 e. The van der Waals surface area contributed by atoms with Crippen molar-refractivity contribution in [3.63, 3.8) is 0 Å². The lowest BCUT2D eigenvalue weighted by Gasteiger charge is -2.35. The van der Waals surface area contributed by atoms with Gasteiger partial charge in [-0.25, -0.2) is 0 Å². The summed E-state index contributed by atoms with van der Waals surface area (Å²) in [7, 11) is 0. The Morgan fingerprint density at radius 1 is 1.39 bits per heavy atom. The second kappa shape index (κ2) is 6.75. The van der Waals surface area contributed by atoms with E-state index in [0.29, 0.717) is 28.1 Å². The number of aryl methyl sites for hydroxylation is 1. The van der Waals surface area contributed by atoms with Gasteiger partial charge in [0.1, 0.15) is 17.0 Å². The highest BCUT2D eigenvalue weighted by molar-refractivity contribution is 6.33. The van der Waals surface area contributed by atoms with Gasteiger partial charge in [0, 0.05) is 18.2 Å². The van der Waals surface area contributed by atoms with E-state index in [1.807, 2.05) is 23.1 Å². The van der Waals surface area contributed by atoms with E-state index in [9.17, 15) is 4.79 Å². The van der Waals surface area contributed by atoms with Gasteiger partial charge in [-0.3, -0.25) is 4.79 Å². The van der Waals surface area contributed by atoms with E-state index in [1.54, 1.807) is 13.0 Å². The van der Waals surface area contributed by atoms with Crippen LogP contribution in [0.25, 0.3) is 11.3 Å². The van der Waals surface area contributed by atoms with Crippen LogP contribution in [0.15, 0.2) is 28.8 Å². The summed E-state index contributed by atoms with van der Waals surface area (Å²) in [6, 6.07) is 7.70. The highest BCUT2D eigenvalue weighted by atomic mass is 35.5. The summed E-state index contributed by atoms with van der Waals surface area (Å²) in [5.41, 5.74) is 1.82. The van der Waals surface area contributed by atoms with Crippen molar-refractivity contribution in [3.8, 4) is 11.3 Å². The number of hydrogen-bond acceptors (Lipinski definition) is 3. The van der Waals surface area contributed by atoms with Crippen LogP contribution in [-0.4, -0.2) is 28.6 Å². The first kappa shape index (κ1) is 16.1. The van der Waals surface area contributed by atoms with Crippen LogP contribution >= 0.6 is 11.6 Å². The number of carbonyl (C=O) groups is 1. The van der Waals surface area contributed by atoms with Crippen LogP contribution in [0.3, 0.4) is 0 Å². The van der Waals surface area contributed by atoms with Crippen molar-refractivity contribution in [1.29, 1.82) is 0 Å². The van der Waals surface area contributed by atoms with Crippen molar-refractivity contribution in [2.75, 3.05) is 6.54 Å². The number of halogens is 1. The molecule has 5 heteroatoms. The molecule has 1 aliphatic rings. The van der Waals surface area contributed by atoms with Crippen molar-refractivity contribution in [1.82, 2.24) is 10.1 Å². The van der Waals surface area contributed by atoms with Crippen molar-refractivity contribution >= 4 is 17.5 Å². The number of rotatable bonds is 3. The predicted molar refractivity (Wildman–Crippen MR) is 90.7 cm³/mol. The van der Waals surface area contributed by atoms with Gasteiger partial charge in [-0.05, 0) is 38.7 Å². The molecule has 0 unspecified atom stereocenters. The molecule has 1 aliphatic heterocycles. The molecule has 1 aromatic carbocycles. The molecule has 0 N–H and O–H groups in total. The van der Waals surface area contributed by atoms with Gasteiger partial charge >= 0.3 is 0 Å². The second-order valence-corrected chi connectivity index (χ2v) is 6.41. The molecular formula is C18H21ClN2O2. The van der Waals surface area contributed by atoms with Gasteiger partial charge in [0.2, 0.25) is 0 Å². The minimum atomic E-state index is 0.00483. The first-order valence-corrected chi connectivity index (χ1v) is 8.53. The third-order valence-corrected chi connectivity index (χ3v) is 4.89. The summed E-state index contributed by atoms with van der Waals surface area (Å²) >= 11 is 6.28. The largest absolute Gasteiger partial charge is 0.360 e. The van der Waals surface area contributed by atoms with Gasteiger partial charge in [-0.15, -0.1) is 0 Å². The molecule has 0 saturated carbocycles. The second-order valence-electron chi connectivity index (χ2n) is 6.00. The average molecular weight is 333 g/mol. The first-order chi connectivity index (χ1) is 11.1. The van der Waals surface area contributed by atoms with Crippen molar-refractivity contribution in [3.05, 3.63) is 40.6 Å². The standard InChI is InChI=1S/C18H21ClN2O2/c1-3-13-8-6-7-11-21(13)18(22)16-12(2)23-20-17(16)14-9-4-5-10-15(14)19/h4-5,9-10,13H,3,6-8,11H2,1-2H3/t13-/m0/s1. The van der Waals surface area contributed by atoms with Gasteiger partial charge in [0.05, 0.1) is 5.02 Å². The van der Waals surface area contributed by atoms with E-state index in [-0.39, 0.29) is 5.91 Å². The van der Waals surface area contributed by atoms with E-state index in [4.69, 9.17) is 16.1 Å². The smallest absolute Gasteiger partial charge is 0.259 e. The Morgan fingerprint density at radius 3 is 2.91 bits per heavy atom. The van der Waals surface area contributed by atoms with Gasteiger partial charge in [-0.1, -0.05) is 41.9 Å². The number of carbonyl (C=O) groups excluding carboxylic acids is 1. The van der Waals surface area contributed by atoms with E-state index in [2.05, 4.69) is 12.1 Å². The lowest BCUT2D eigenvalue weighted by molar-refractivity contribution is 0.0607. The lowest BCUT2D eigenvalue weighted by atomic mass is 9.97. The summed E-state index contributed by atoms with van der Waals surface area (Å²) in [5, 5.41) is 4.68. The molecule has 1 saturated heterocycles. The Balaban J connectivity index is 2.01. The Labute approximate surface area is 141 Å². The zero-order valence-electron chi connectivity index (χ0n) is 13.5. The molecule has 23 heavy (non-hydrogen) atoms. The molecule has 1 amide bonds. The van der Waals surface area contributed by atoms with Gasteiger partial charge < -0.3 is 9.42 Å². The normalized spacial score (nSPS) is 18.2. The van der Waals surface area contributed by atoms with Crippen LogP contribution in [0.2, 0.25) is 5.02 Å². The van der Waals surface area contributed by atoms with Gasteiger partial charge in [-0.2, -0.15) is 0 Å². The lowest BCUT2D eigenvalue weighted by Crippen LogP contribution is -2.43. The molecule has 1 fully saturated rings. The third-order valence-electron chi connectivity index (χ3n) is 4.56. The fourth-order valence-corrected chi connectivity index (χ4v) is 3.52. The Morgan fingerprint density at radius 2 is 2.17 bits per heavy atom. The number of nitrogens with zero attached hydrogens (tertiary/aromatic N) is 2. The monoisotopic (exact) mass is 332 g/mol. The number of amides is 1. The molecule has 2 aromatic rings. The van der Waals surface area contributed by atoms with Crippen LogP contribution in [0, 0.1) is 6.92 Å². The predicted octanol–water partition coefficient (Wildman–Crippen LogP) is 4.71. The number of likely N-dealkylation sites (tertiary alicyclic amines) is 1. The van der Waals surface area contributed by atoms with Crippen molar-refractivity contribution in [2.24, 2.45) is 0 Å². The van der Waals surface area contributed by atoms with Gasteiger partial charge in [0.15, 0.2) is 0 Å². The minimum absolute atomic E-state index is 0.00483. The Hall–Kier alpha value is -1.81. The van der Waals surface area contributed by atoms with E-state index in [1.165, 1.54) is 6.42 Å². The maximum absolute atomic E-state index is 13.1. The molecule has 1 atom stereocenters. The first-order valence-electron chi connectivity index (χ1n) is 8.15. The van der Waals surface area contributed by atoms with Crippen LogP contribution in [-0.2, 0) is 0 Å². The van der Waals surface area contributed by atoms with Crippen molar-refractivity contribution < 1.29 is 9.32 Å². The van der Waals surface area contributed by atoms with Crippen LogP contribution in [0.5, 0.6) is 0 Å². The summed E-state index contributed by atoms with van der Waals surface area (Å²) in [6.07, 6.45) is 4.27. The molecule has 2 heterocycles. The summed E-state index contributed by atoms with van der Waals surface area (Å²) in [5.74, 6) is 0.551. The third kappa shape index (κ3) is 3.00. The highest BCUT2D eigenvalue weighted by Gasteiger charge is 2.31. The Bertz CT molecular complexity index is 711. The fraction of sp³-hybridized carbons (Fsp3) is 0.444. The van der Waals surface area contributed by atoms with Crippen LogP contribution in [0.4, 0.5) is 0 Å². The topological polar surface area (TPSA) is 46.3 Å². The maximum Gasteiger partial charge on any atom is 0.259 e. The number of hydrogen-bond donors (Lipinski definition) is 0. The Kier molecular flexibility index (Phi) is 4.71. The van der Waals surface area contributed by atoms with E-state index < -0.39 is 0 Å². The number of benzene rings is 1. The molecule has 0 radical (unpaired) electrons. The van der Waals surface area contributed by atoms with Crippen LogP contribution in [0.1, 0.15) is 48.7 Å². The molecule has 0 bridgehead atoms. The highest BCUT2D eigenvalue weighted by Crippen LogP contribution is 2.33. The average Bonchev–Trinajstić information content (AvgIpc) is 2.96. The molecule has 0 spiro atoms.